The minimum atomic E-state index is -0.309. The molecule has 0 unspecified atom stereocenters. The van der Waals surface area contributed by atoms with E-state index in [0.717, 1.165) is 5.75 Å². The average Bonchev–Trinajstić information content (AvgIpc) is 3.18. The van der Waals surface area contributed by atoms with Crippen LogP contribution >= 0.6 is 34.7 Å². The van der Waals surface area contributed by atoms with Crippen molar-refractivity contribution < 1.29 is 9.21 Å². The summed E-state index contributed by atoms with van der Waals surface area (Å²) in [5.74, 6) is 1.00. The summed E-state index contributed by atoms with van der Waals surface area (Å²) in [6.45, 7) is 0. The molecule has 1 amide bonds. The van der Waals surface area contributed by atoms with E-state index in [-0.39, 0.29) is 11.9 Å². The van der Waals surface area contributed by atoms with Crippen LogP contribution in [0.1, 0.15) is 15.6 Å². The largest absolute Gasteiger partial charge is 0.408 e. The standard InChI is InChI=1S/C15H12ClN3O2S2/c16-12-7-6-11(23-12)14(20)17-15-19-18-13(21-15)8-9-22-10-4-2-1-3-5-10/h1-7H,8-9H2,(H,17,19,20). The smallest absolute Gasteiger partial charge is 0.322 e. The molecule has 2 aromatic heterocycles. The number of aryl methyl sites for hydroxylation is 1. The molecule has 0 saturated carbocycles. The minimum Gasteiger partial charge on any atom is -0.408 e. The molecule has 0 bridgehead atoms. The predicted octanol–water partition coefficient (Wildman–Crippen LogP) is 4.37. The van der Waals surface area contributed by atoms with Crippen molar-refractivity contribution in [3.63, 3.8) is 0 Å². The lowest BCUT2D eigenvalue weighted by molar-refractivity contribution is 0.102. The van der Waals surface area contributed by atoms with Gasteiger partial charge in [0.15, 0.2) is 0 Å². The van der Waals surface area contributed by atoms with Gasteiger partial charge in [0.2, 0.25) is 5.89 Å². The third-order valence-electron chi connectivity index (χ3n) is 2.81. The molecule has 0 spiro atoms. The third-order valence-corrected chi connectivity index (χ3v) is 5.06. The molecule has 0 radical (unpaired) electrons. The van der Waals surface area contributed by atoms with Crippen LogP contribution in [0, 0.1) is 0 Å². The maximum atomic E-state index is 11.9. The number of thioether (sulfide) groups is 1. The second kappa shape index (κ2) is 7.63. The van der Waals surface area contributed by atoms with E-state index in [4.69, 9.17) is 16.0 Å². The zero-order valence-electron chi connectivity index (χ0n) is 11.9. The fraction of sp³-hybridized carbons (Fsp3) is 0.133. The molecule has 23 heavy (non-hydrogen) atoms. The molecule has 118 valence electrons. The fourth-order valence-corrected chi connectivity index (χ4v) is 3.57. The number of benzene rings is 1. The van der Waals surface area contributed by atoms with Crippen LogP contribution in [0.4, 0.5) is 6.01 Å². The van der Waals surface area contributed by atoms with Crippen LogP contribution in [0.15, 0.2) is 51.8 Å². The summed E-state index contributed by atoms with van der Waals surface area (Å²) in [5, 5.41) is 10.3. The Morgan fingerprint density at radius 3 is 2.78 bits per heavy atom. The fourth-order valence-electron chi connectivity index (χ4n) is 1.77. The Morgan fingerprint density at radius 1 is 1.22 bits per heavy atom. The number of halogens is 1. The number of rotatable bonds is 6. The highest BCUT2D eigenvalue weighted by Crippen LogP contribution is 2.22. The molecule has 0 atom stereocenters. The van der Waals surface area contributed by atoms with Gasteiger partial charge in [-0.15, -0.1) is 28.2 Å². The van der Waals surface area contributed by atoms with Crippen molar-refractivity contribution in [2.45, 2.75) is 11.3 Å². The SMILES string of the molecule is O=C(Nc1nnc(CCSc2ccccc2)o1)c1ccc(Cl)s1. The first kappa shape index (κ1) is 16.0. The molecule has 0 aliphatic rings. The molecule has 1 N–H and O–H groups in total. The van der Waals surface area contributed by atoms with E-state index >= 15 is 0 Å². The number of hydrogen-bond acceptors (Lipinski definition) is 6. The van der Waals surface area contributed by atoms with E-state index in [1.54, 1.807) is 23.9 Å². The monoisotopic (exact) mass is 365 g/mol. The number of carbonyl (C=O) groups excluding carboxylic acids is 1. The zero-order valence-corrected chi connectivity index (χ0v) is 14.2. The number of thiophene rings is 1. The number of amides is 1. The molecule has 2 heterocycles. The first-order valence-electron chi connectivity index (χ1n) is 6.77. The van der Waals surface area contributed by atoms with Crippen LogP contribution in [-0.4, -0.2) is 21.9 Å². The number of carbonyl (C=O) groups is 1. The Bertz CT molecular complexity index is 789. The first-order chi connectivity index (χ1) is 11.2. The Kier molecular flexibility index (Phi) is 5.32. The van der Waals surface area contributed by atoms with Gasteiger partial charge in [0.25, 0.3) is 5.91 Å². The molecule has 5 nitrogen and oxygen atoms in total. The van der Waals surface area contributed by atoms with Crippen molar-refractivity contribution >= 4 is 46.6 Å². The van der Waals surface area contributed by atoms with E-state index < -0.39 is 0 Å². The van der Waals surface area contributed by atoms with Crippen LogP contribution in [0.3, 0.4) is 0 Å². The molecule has 0 fully saturated rings. The number of anilines is 1. The van der Waals surface area contributed by atoms with Crippen molar-refractivity contribution in [1.29, 1.82) is 0 Å². The van der Waals surface area contributed by atoms with Crippen LogP contribution in [0.5, 0.6) is 0 Å². The van der Waals surface area contributed by atoms with E-state index in [2.05, 4.69) is 27.6 Å². The maximum absolute atomic E-state index is 11.9. The van der Waals surface area contributed by atoms with Gasteiger partial charge < -0.3 is 4.42 Å². The Morgan fingerprint density at radius 2 is 2.04 bits per heavy atom. The van der Waals surface area contributed by atoms with Gasteiger partial charge in [0.1, 0.15) is 0 Å². The highest BCUT2D eigenvalue weighted by molar-refractivity contribution is 7.99. The number of hydrogen-bond donors (Lipinski definition) is 1. The van der Waals surface area contributed by atoms with E-state index in [1.807, 2.05) is 18.2 Å². The van der Waals surface area contributed by atoms with Crippen molar-refractivity contribution in [3.8, 4) is 0 Å². The van der Waals surface area contributed by atoms with Crippen molar-refractivity contribution in [2.24, 2.45) is 0 Å². The third kappa shape index (κ3) is 4.57. The van der Waals surface area contributed by atoms with E-state index in [9.17, 15) is 4.79 Å². The zero-order chi connectivity index (χ0) is 16.1. The summed E-state index contributed by atoms with van der Waals surface area (Å²) in [6.07, 6.45) is 0.632. The molecule has 0 aliphatic heterocycles. The lowest BCUT2D eigenvalue weighted by Gasteiger charge is -1.98. The molecule has 1 aromatic carbocycles. The Hall–Kier alpha value is -1.83. The maximum Gasteiger partial charge on any atom is 0.322 e. The van der Waals surface area contributed by atoms with Crippen LogP contribution in [0.25, 0.3) is 0 Å². The summed E-state index contributed by atoms with van der Waals surface area (Å²) < 4.78 is 5.98. The van der Waals surface area contributed by atoms with Gasteiger partial charge in [0, 0.05) is 17.1 Å². The van der Waals surface area contributed by atoms with Crippen LogP contribution in [0.2, 0.25) is 4.34 Å². The summed E-state index contributed by atoms with van der Waals surface area (Å²) >= 11 is 8.71. The summed E-state index contributed by atoms with van der Waals surface area (Å²) in [4.78, 5) is 13.6. The molecule has 3 rings (SSSR count). The Balaban J connectivity index is 1.51. The van der Waals surface area contributed by atoms with Crippen LogP contribution in [-0.2, 0) is 6.42 Å². The van der Waals surface area contributed by atoms with Gasteiger partial charge in [-0.2, -0.15) is 0 Å². The average molecular weight is 366 g/mol. The lowest BCUT2D eigenvalue weighted by Crippen LogP contribution is -2.10. The van der Waals surface area contributed by atoms with Gasteiger partial charge >= 0.3 is 6.01 Å². The lowest BCUT2D eigenvalue weighted by atomic mass is 10.4. The first-order valence-corrected chi connectivity index (χ1v) is 8.95. The predicted molar refractivity (Wildman–Crippen MR) is 92.5 cm³/mol. The highest BCUT2D eigenvalue weighted by atomic mass is 35.5. The summed E-state index contributed by atoms with van der Waals surface area (Å²) in [7, 11) is 0. The number of aromatic nitrogens is 2. The van der Waals surface area contributed by atoms with Crippen molar-refractivity contribution in [2.75, 3.05) is 11.1 Å². The normalized spacial score (nSPS) is 10.7. The molecule has 3 aromatic rings. The Labute approximate surface area is 146 Å². The molecule has 0 saturated heterocycles. The van der Waals surface area contributed by atoms with Crippen molar-refractivity contribution in [3.05, 3.63) is 57.6 Å². The van der Waals surface area contributed by atoms with Crippen molar-refractivity contribution in [1.82, 2.24) is 10.2 Å². The summed E-state index contributed by atoms with van der Waals surface area (Å²) in [6, 6.07) is 13.5. The van der Waals surface area contributed by atoms with E-state index in [1.165, 1.54) is 16.2 Å². The second-order valence-corrected chi connectivity index (χ2v) is 7.35. The molecular formula is C15H12ClN3O2S2. The minimum absolute atomic E-state index is 0.0965. The van der Waals surface area contributed by atoms with Crippen LogP contribution < -0.4 is 5.32 Å². The molecule has 8 heteroatoms. The van der Waals surface area contributed by atoms with Gasteiger partial charge in [-0.25, -0.2) is 0 Å². The second-order valence-electron chi connectivity index (χ2n) is 4.47. The van der Waals surface area contributed by atoms with Gasteiger partial charge in [-0.3, -0.25) is 10.1 Å². The topological polar surface area (TPSA) is 68.0 Å². The quantitative estimate of drug-likeness (QED) is 0.657. The van der Waals surface area contributed by atoms with Gasteiger partial charge in [-0.1, -0.05) is 34.9 Å². The highest BCUT2D eigenvalue weighted by Gasteiger charge is 2.13. The summed E-state index contributed by atoms with van der Waals surface area (Å²) in [5.41, 5.74) is 0. The van der Waals surface area contributed by atoms with Gasteiger partial charge in [0.05, 0.1) is 9.21 Å². The molecule has 0 aliphatic carbocycles. The van der Waals surface area contributed by atoms with Gasteiger partial charge in [-0.05, 0) is 24.3 Å². The number of nitrogens with one attached hydrogen (secondary N) is 1. The number of nitrogens with zero attached hydrogens (tertiary/aromatic N) is 2. The van der Waals surface area contributed by atoms with E-state index in [0.29, 0.717) is 21.5 Å². The molecular weight excluding hydrogens is 354 g/mol.